The molecule has 2 nitrogen and oxygen atoms in total. The van der Waals surface area contributed by atoms with Crippen LogP contribution in [0.15, 0.2) is 0 Å². The summed E-state index contributed by atoms with van der Waals surface area (Å²) in [6.45, 7) is 7.52. The van der Waals surface area contributed by atoms with Gasteiger partial charge < -0.3 is 9.69 Å². The first-order chi connectivity index (χ1) is 4.72. The van der Waals surface area contributed by atoms with E-state index in [1.165, 1.54) is 13.1 Å². The van der Waals surface area contributed by atoms with Gasteiger partial charge in [0.15, 0.2) is 0 Å². The van der Waals surface area contributed by atoms with Crippen LogP contribution in [-0.4, -0.2) is 30.8 Å². The number of hydrogen-bond acceptors (Lipinski definition) is 2. The lowest BCUT2D eigenvalue weighted by Crippen LogP contribution is -2.47. The maximum absolute atomic E-state index is 10.2. The van der Waals surface area contributed by atoms with E-state index >= 15 is 0 Å². The van der Waals surface area contributed by atoms with Crippen LogP contribution < -0.4 is 0 Å². The summed E-state index contributed by atoms with van der Waals surface area (Å²) in [7, 11) is 0. The molecule has 1 heterocycles. The molecule has 0 saturated carbocycles. The van der Waals surface area contributed by atoms with E-state index in [9.17, 15) is 4.79 Å². The lowest BCUT2D eigenvalue weighted by Gasteiger charge is -2.37. The normalized spacial score (nSPS) is 23.8. The van der Waals surface area contributed by atoms with Crippen LogP contribution in [-0.2, 0) is 4.79 Å². The quantitative estimate of drug-likeness (QED) is 0.541. The average Bonchev–Trinajstić information content (AvgIpc) is 1.84. The zero-order valence-corrected chi connectivity index (χ0v) is 6.71. The molecule has 2 heteroatoms. The summed E-state index contributed by atoms with van der Waals surface area (Å²) in [6.07, 6.45) is 1.03. The Morgan fingerprint density at radius 2 is 2.30 bits per heavy atom. The van der Waals surface area contributed by atoms with Crippen LogP contribution in [0, 0.1) is 11.8 Å². The summed E-state index contributed by atoms with van der Waals surface area (Å²) in [5.41, 5.74) is 0. The first-order valence-electron chi connectivity index (χ1n) is 3.90. The van der Waals surface area contributed by atoms with E-state index < -0.39 is 0 Å². The van der Waals surface area contributed by atoms with Gasteiger partial charge >= 0.3 is 0 Å². The number of hydrogen-bond donors (Lipinski definition) is 0. The van der Waals surface area contributed by atoms with Crippen molar-refractivity contribution in [1.82, 2.24) is 4.90 Å². The van der Waals surface area contributed by atoms with E-state index in [-0.39, 0.29) is 5.92 Å². The van der Waals surface area contributed by atoms with E-state index in [0.29, 0.717) is 0 Å². The molecular weight excluding hydrogens is 126 g/mol. The first kappa shape index (κ1) is 7.73. The summed E-state index contributed by atoms with van der Waals surface area (Å²) in [5, 5.41) is 0. The second-order valence-electron chi connectivity index (χ2n) is 3.44. The number of likely N-dealkylation sites (tertiary alicyclic amines) is 1. The molecule has 0 aliphatic carbocycles. The van der Waals surface area contributed by atoms with Crippen molar-refractivity contribution in [2.45, 2.75) is 13.8 Å². The van der Waals surface area contributed by atoms with Gasteiger partial charge in [0.1, 0.15) is 6.29 Å². The zero-order valence-electron chi connectivity index (χ0n) is 6.71. The van der Waals surface area contributed by atoms with Gasteiger partial charge in [-0.2, -0.15) is 0 Å². The average molecular weight is 141 g/mol. The van der Waals surface area contributed by atoms with Crippen molar-refractivity contribution in [2.24, 2.45) is 11.8 Å². The number of rotatable bonds is 3. The third kappa shape index (κ3) is 1.81. The van der Waals surface area contributed by atoms with Crippen molar-refractivity contribution in [3.63, 3.8) is 0 Å². The molecule has 0 aromatic heterocycles. The maximum atomic E-state index is 10.2. The zero-order chi connectivity index (χ0) is 7.56. The Hall–Kier alpha value is -0.370. The molecule has 0 spiro atoms. The van der Waals surface area contributed by atoms with Crippen LogP contribution in [0.5, 0.6) is 0 Å². The summed E-state index contributed by atoms with van der Waals surface area (Å²) in [5.74, 6) is 1.06. The summed E-state index contributed by atoms with van der Waals surface area (Å²) >= 11 is 0. The van der Waals surface area contributed by atoms with Crippen LogP contribution in [0.3, 0.4) is 0 Å². The molecule has 0 bridgehead atoms. The van der Waals surface area contributed by atoms with Crippen LogP contribution >= 0.6 is 0 Å². The van der Waals surface area contributed by atoms with Crippen molar-refractivity contribution in [2.75, 3.05) is 19.6 Å². The smallest absolute Gasteiger partial charge is 0.124 e. The van der Waals surface area contributed by atoms with Crippen molar-refractivity contribution >= 4 is 6.29 Å². The molecule has 10 heavy (non-hydrogen) atoms. The Morgan fingerprint density at radius 1 is 1.70 bits per heavy atom. The maximum Gasteiger partial charge on any atom is 0.124 e. The fourth-order valence-corrected chi connectivity index (χ4v) is 1.43. The molecule has 1 aliphatic rings. The van der Waals surface area contributed by atoms with Crippen LogP contribution in [0.4, 0.5) is 0 Å². The molecular formula is C8H15NO. The first-order valence-corrected chi connectivity index (χ1v) is 3.90. The molecule has 0 radical (unpaired) electrons. The summed E-state index contributed by atoms with van der Waals surface area (Å²) in [4.78, 5) is 12.6. The highest BCUT2D eigenvalue weighted by Gasteiger charge is 2.22. The van der Waals surface area contributed by atoms with Gasteiger partial charge in [0.2, 0.25) is 0 Å². The Labute approximate surface area is 62.2 Å². The third-order valence-corrected chi connectivity index (χ3v) is 1.92. The SMILES string of the molecule is CC(C=O)CN1CC(C)C1. The fraction of sp³-hybridized carbons (Fsp3) is 0.875. The van der Waals surface area contributed by atoms with E-state index in [1.807, 2.05) is 6.92 Å². The lowest BCUT2D eigenvalue weighted by atomic mass is 10.0. The predicted molar refractivity (Wildman–Crippen MR) is 40.8 cm³/mol. The van der Waals surface area contributed by atoms with E-state index in [1.54, 1.807) is 0 Å². The Kier molecular flexibility index (Phi) is 2.44. The minimum Gasteiger partial charge on any atom is -0.303 e. The molecule has 0 aromatic carbocycles. The van der Waals surface area contributed by atoms with Gasteiger partial charge in [0.25, 0.3) is 0 Å². The number of nitrogens with zero attached hydrogens (tertiary/aromatic N) is 1. The standard InChI is InChI=1S/C8H15NO/c1-7-3-9(4-7)5-8(2)6-10/h6-8H,3-5H2,1-2H3. The van der Waals surface area contributed by atoms with E-state index in [2.05, 4.69) is 11.8 Å². The second-order valence-corrected chi connectivity index (χ2v) is 3.44. The molecule has 0 N–H and O–H groups in total. The van der Waals surface area contributed by atoms with E-state index in [0.717, 1.165) is 18.7 Å². The number of carbonyl (C=O) groups excluding carboxylic acids is 1. The highest BCUT2D eigenvalue weighted by molar-refractivity contribution is 5.53. The molecule has 1 rings (SSSR count). The molecule has 58 valence electrons. The highest BCUT2D eigenvalue weighted by atomic mass is 16.1. The topological polar surface area (TPSA) is 20.3 Å². The van der Waals surface area contributed by atoms with Gasteiger partial charge in [-0.3, -0.25) is 0 Å². The van der Waals surface area contributed by atoms with Gasteiger partial charge in [0.05, 0.1) is 0 Å². The van der Waals surface area contributed by atoms with Crippen molar-refractivity contribution in [3.05, 3.63) is 0 Å². The fourth-order valence-electron chi connectivity index (χ4n) is 1.43. The monoisotopic (exact) mass is 141 g/mol. The van der Waals surface area contributed by atoms with E-state index in [4.69, 9.17) is 0 Å². The van der Waals surface area contributed by atoms with Gasteiger partial charge in [-0.25, -0.2) is 0 Å². The minimum atomic E-state index is 0.215. The lowest BCUT2D eigenvalue weighted by molar-refractivity contribution is -0.111. The number of aldehydes is 1. The second kappa shape index (κ2) is 3.15. The Balaban J connectivity index is 2.10. The van der Waals surface area contributed by atoms with Crippen molar-refractivity contribution < 1.29 is 4.79 Å². The van der Waals surface area contributed by atoms with Crippen molar-refractivity contribution in [3.8, 4) is 0 Å². The van der Waals surface area contributed by atoms with Gasteiger partial charge in [0, 0.05) is 25.6 Å². The predicted octanol–water partition coefficient (Wildman–Crippen LogP) is 0.773. The molecule has 1 saturated heterocycles. The Morgan fingerprint density at radius 3 is 2.70 bits per heavy atom. The van der Waals surface area contributed by atoms with Gasteiger partial charge in [-0.05, 0) is 5.92 Å². The molecule has 0 amide bonds. The number of carbonyl (C=O) groups is 1. The highest BCUT2D eigenvalue weighted by Crippen LogP contribution is 2.14. The Bertz CT molecular complexity index is 118. The molecule has 1 fully saturated rings. The molecule has 1 unspecified atom stereocenters. The van der Waals surface area contributed by atoms with Gasteiger partial charge in [-0.1, -0.05) is 13.8 Å². The van der Waals surface area contributed by atoms with Crippen LogP contribution in [0.25, 0.3) is 0 Å². The summed E-state index contributed by atoms with van der Waals surface area (Å²) in [6, 6.07) is 0. The van der Waals surface area contributed by atoms with Gasteiger partial charge in [-0.15, -0.1) is 0 Å². The van der Waals surface area contributed by atoms with Crippen LogP contribution in [0.1, 0.15) is 13.8 Å². The minimum absolute atomic E-state index is 0.215. The molecule has 0 aromatic rings. The molecule has 1 atom stereocenters. The largest absolute Gasteiger partial charge is 0.303 e. The molecule has 1 aliphatic heterocycles. The van der Waals surface area contributed by atoms with Crippen LogP contribution in [0.2, 0.25) is 0 Å². The van der Waals surface area contributed by atoms with Crippen molar-refractivity contribution in [1.29, 1.82) is 0 Å². The summed E-state index contributed by atoms with van der Waals surface area (Å²) < 4.78 is 0. The third-order valence-electron chi connectivity index (χ3n) is 1.92.